The summed E-state index contributed by atoms with van der Waals surface area (Å²) in [6.45, 7) is 0.858. The molecule has 0 atom stereocenters. The van der Waals surface area contributed by atoms with Crippen LogP contribution in [0.25, 0.3) is 0 Å². The first-order chi connectivity index (χ1) is 7.15. The highest BCUT2D eigenvalue weighted by Gasteiger charge is 2.06. The minimum absolute atomic E-state index is 0.274. The molecule has 0 saturated carbocycles. The van der Waals surface area contributed by atoms with E-state index in [0.717, 1.165) is 12.3 Å². The number of aromatic nitrogens is 1. The van der Waals surface area contributed by atoms with Crippen molar-refractivity contribution in [2.45, 2.75) is 0 Å². The van der Waals surface area contributed by atoms with Gasteiger partial charge in [-0.05, 0) is 18.4 Å². The molecule has 82 valence electrons. The largest absolute Gasteiger partial charge is 0.478 e. The quantitative estimate of drug-likeness (QED) is 0.826. The van der Waals surface area contributed by atoms with E-state index in [1.165, 1.54) is 12.3 Å². The number of anilines is 1. The number of aromatic carboxylic acids is 1. The minimum atomic E-state index is -0.920. The molecule has 0 aliphatic carbocycles. The van der Waals surface area contributed by atoms with Crippen LogP contribution in [-0.4, -0.2) is 41.7 Å². The lowest BCUT2D eigenvalue weighted by atomic mass is 10.2. The maximum Gasteiger partial charge on any atom is 0.335 e. The zero-order valence-corrected chi connectivity index (χ0v) is 9.62. The van der Waals surface area contributed by atoms with E-state index in [1.807, 2.05) is 18.2 Å². The third-order valence-electron chi connectivity index (χ3n) is 2.01. The third kappa shape index (κ3) is 3.43. The standard InChI is InChI=1S/C10H14N2O2S/c1-12(5-6-15-2)9-7-8(10(13)14)3-4-11-9/h3-4,7H,5-6H2,1-2H3,(H,13,14). The van der Waals surface area contributed by atoms with E-state index in [-0.39, 0.29) is 5.56 Å². The molecule has 0 fully saturated rings. The Labute approximate surface area is 93.3 Å². The van der Waals surface area contributed by atoms with E-state index in [4.69, 9.17) is 5.11 Å². The average Bonchev–Trinajstić information content (AvgIpc) is 2.26. The van der Waals surface area contributed by atoms with Crippen LogP contribution in [-0.2, 0) is 0 Å². The summed E-state index contributed by atoms with van der Waals surface area (Å²) in [5, 5.41) is 8.82. The highest BCUT2D eigenvalue weighted by atomic mass is 32.2. The van der Waals surface area contributed by atoms with Crippen LogP contribution < -0.4 is 4.90 Å². The van der Waals surface area contributed by atoms with Crippen LogP contribution in [0, 0.1) is 0 Å². The SMILES string of the molecule is CSCCN(C)c1cc(C(=O)O)ccn1. The maximum absolute atomic E-state index is 10.7. The van der Waals surface area contributed by atoms with Crippen molar-refractivity contribution in [2.75, 3.05) is 30.5 Å². The van der Waals surface area contributed by atoms with Gasteiger partial charge < -0.3 is 10.0 Å². The molecule has 0 aliphatic rings. The Morgan fingerprint density at radius 3 is 3.00 bits per heavy atom. The zero-order chi connectivity index (χ0) is 11.3. The van der Waals surface area contributed by atoms with Gasteiger partial charge in [-0.2, -0.15) is 11.8 Å². The Balaban J connectivity index is 2.76. The Morgan fingerprint density at radius 1 is 1.67 bits per heavy atom. The number of rotatable bonds is 5. The number of hydrogen-bond acceptors (Lipinski definition) is 4. The van der Waals surface area contributed by atoms with Crippen molar-refractivity contribution in [3.05, 3.63) is 23.9 Å². The van der Waals surface area contributed by atoms with Crippen molar-refractivity contribution in [2.24, 2.45) is 0 Å². The molecule has 1 aromatic heterocycles. The van der Waals surface area contributed by atoms with Gasteiger partial charge in [-0.25, -0.2) is 9.78 Å². The smallest absolute Gasteiger partial charge is 0.335 e. The number of carbonyl (C=O) groups is 1. The summed E-state index contributed by atoms with van der Waals surface area (Å²) < 4.78 is 0. The van der Waals surface area contributed by atoms with Gasteiger partial charge in [0, 0.05) is 25.5 Å². The van der Waals surface area contributed by atoms with E-state index in [0.29, 0.717) is 5.82 Å². The van der Waals surface area contributed by atoms with Crippen LogP contribution >= 0.6 is 11.8 Å². The van der Waals surface area contributed by atoms with Crippen molar-refractivity contribution in [1.82, 2.24) is 4.98 Å². The van der Waals surface area contributed by atoms with Crippen LogP contribution in [0.4, 0.5) is 5.82 Å². The number of hydrogen-bond donors (Lipinski definition) is 1. The van der Waals surface area contributed by atoms with Gasteiger partial charge in [0.2, 0.25) is 0 Å². The number of nitrogens with zero attached hydrogens (tertiary/aromatic N) is 2. The molecule has 0 radical (unpaired) electrons. The molecule has 0 bridgehead atoms. The molecule has 1 rings (SSSR count). The number of pyridine rings is 1. The van der Waals surface area contributed by atoms with Crippen LogP contribution in [0.3, 0.4) is 0 Å². The first-order valence-corrected chi connectivity index (χ1v) is 5.94. The maximum atomic E-state index is 10.7. The first kappa shape index (κ1) is 11.8. The van der Waals surface area contributed by atoms with Crippen molar-refractivity contribution < 1.29 is 9.90 Å². The predicted molar refractivity (Wildman–Crippen MR) is 62.8 cm³/mol. The van der Waals surface area contributed by atoms with Gasteiger partial charge >= 0.3 is 5.97 Å². The van der Waals surface area contributed by atoms with Crippen molar-refractivity contribution in [3.63, 3.8) is 0 Å². The topological polar surface area (TPSA) is 53.4 Å². The lowest BCUT2D eigenvalue weighted by Gasteiger charge is -2.17. The van der Waals surface area contributed by atoms with Crippen molar-refractivity contribution in [3.8, 4) is 0 Å². The van der Waals surface area contributed by atoms with Gasteiger partial charge in [-0.3, -0.25) is 0 Å². The normalized spacial score (nSPS) is 10.0. The minimum Gasteiger partial charge on any atom is -0.478 e. The molecular weight excluding hydrogens is 212 g/mol. The molecule has 5 heteroatoms. The summed E-state index contributed by atoms with van der Waals surface area (Å²) in [5.74, 6) is 0.774. The summed E-state index contributed by atoms with van der Waals surface area (Å²) in [5.41, 5.74) is 0.274. The molecule has 0 unspecified atom stereocenters. The predicted octanol–water partition coefficient (Wildman–Crippen LogP) is 1.58. The summed E-state index contributed by atoms with van der Waals surface area (Å²) >= 11 is 1.75. The average molecular weight is 226 g/mol. The molecule has 0 aromatic carbocycles. The lowest BCUT2D eigenvalue weighted by Crippen LogP contribution is -2.21. The first-order valence-electron chi connectivity index (χ1n) is 4.54. The van der Waals surface area contributed by atoms with E-state index < -0.39 is 5.97 Å². The van der Waals surface area contributed by atoms with Crippen molar-refractivity contribution >= 4 is 23.5 Å². The molecule has 0 saturated heterocycles. The van der Waals surface area contributed by atoms with Crippen LogP contribution in [0.5, 0.6) is 0 Å². The number of carboxylic acids is 1. The monoisotopic (exact) mass is 226 g/mol. The number of thioether (sulfide) groups is 1. The highest BCUT2D eigenvalue weighted by molar-refractivity contribution is 7.98. The fourth-order valence-electron chi connectivity index (χ4n) is 1.10. The number of carboxylic acid groups (broad SMARTS) is 1. The van der Waals surface area contributed by atoms with Gasteiger partial charge in [0.15, 0.2) is 0 Å². The zero-order valence-electron chi connectivity index (χ0n) is 8.80. The molecule has 4 nitrogen and oxygen atoms in total. The molecule has 15 heavy (non-hydrogen) atoms. The third-order valence-corrected chi connectivity index (χ3v) is 2.61. The van der Waals surface area contributed by atoms with E-state index in [9.17, 15) is 4.79 Å². The summed E-state index contributed by atoms with van der Waals surface area (Å²) in [6, 6.07) is 3.08. The molecule has 1 N–H and O–H groups in total. The molecular formula is C10H14N2O2S. The van der Waals surface area contributed by atoms with Crippen LogP contribution in [0.2, 0.25) is 0 Å². The second-order valence-electron chi connectivity index (χ2n) is 3.12. The molecule has 1 heterocycles. The van der Waals surface area contributed by atoms with Gasteiger partial charge in [0.05, 0.1) is 5.56 Å². The molecule has 0 amide bonds. The summed E-state index contributed by atoms with van der Waals surface area (Å²) in [7, 11) is 1.91. The van der Waals surface area contributed by atoms with E-state index in [1.54, 1.807) is 17.8 Å². The van der Waals surface area contributed by atoms with Gasteiger partial charge in [0.25, 0.3) is 0 Å². The second kappa shape index (κ2) is 5.60. The van der Waals surface area contributed by atoms with Crippen LogP contribution in [0.15, 0.2) is 18.3 Å². The lowest BCUT2D eigenvalue weighted by molar-refractivity contribution is 0.0697. The molecule has 0 spiro atoms. The van der Waals surface area contributed by atoms with Gasteiger partial charge in [0.1, 0.15) is 5.82 Å². The second-order valence-corrected chi connectivity index (χ2v) is 4.11. The fourth-order valence-corrected chi connectivity index (χ4v) is 1.56. The summed E-state index contributed by atoms with van der Waals surface area (Å²) in [6.07, 6.45) is 3.56. The van der Waals surface area contributed by atoms with Crippen molar-refractivity contribution in [1.29, 1.82) is 0 Å². The molecule has 0 aliphatic heterocycles. The van der Waals surface area contributed by atoms with E-state index >= 15 is 0 Å². The summed E-state index contributed by atoms with van der Waals surface area (Å²) in [4.78, 5) is 16.8. The van der Waals surface area contributed by atoms with Crippen LogP contribution in [0.1, 0.15) is 10.4 Å². The van der Waals surface area contributed by atoms with Gasteiger partial charge in [-0.15, -0.1) is 0 Å². The Bertz CT molecular complexity index is 344. The molecule has 1 aromatic rings. The highest BCUT2D eigenvalue weighted by Crippen LogP contribution is 2.11. The Hall–Kier alpha value is -1.23. The Kier molecular flexibility index (Phi) is 4.42. The van der Waals surface area contributed by atoms with E-state index in [2.05, 4.69) is 4.98 Å². The fraction of sp³-hybridized carbons (Fsp3) is 0.400. The van der Waals surface area contributed by atoms with Gasteiger partial charge in [-0.1, -0.05) is 0 Å². The Morgan fingerprint density at radius 2 is 2.40 bits per heavy atom.